The molecule has 0 N–H and O–H groups in total. The van der Waals surface area contributed by atoms with E-state index in [-0.39, 0.29) is 12.0 Å². The molecule has 1 heterocycles. The molecule has 1 saturated heterocycles. The molecule has 6 heteroatoms. The summed E-state index contributed by atoms with van der Waals surface area (Å²) < 4.78 is 11.9. The minimum Gasteiger partial charge on any atom is -0.497 e. The largest absolute Gasteiger partial charge is 0.497 e. The number of hydrogen-bond acceptors (Lipinski definition) is 4. The van der Waals surface area contributed by atoms with Gasteiger partial charge in [-0.05, 0) is 53.3 Å². The van der Waals surface area contributed by atoms with Crippen molar-refractivity contribution in [1.29, 1.82) is 0 Å². The number of amides is 1. The van der Waals surface area contributed by atoms with Gasteiger partial charge in [-0.1, -0.05) is 66.2 Å². The molecule has 1 amide bonds. The zero-order chi connectivity index (χ0) is 24.9. The van der Waals surface area contributed by atoms with E-state index in [2.05, 4.69) is 40.1 Å². The van der Waals surface area contributed by atoms with Gasteiger partial charge in [0.2, 0.25) is 5.91 Å². The molecule has 2 aliphatic rings. The molecule has 0 aromatic heterocycles. The zero-order valence-corrected chi connectivity index (χ0v) is 21.4. The molecule has 3 aromatic carbocycles. The van der Waals surface area contributed by atoms with Crippen molar-refractivity contribution in [1.82, 2.24) is 9.80 Å². The molecular weight excluding hydrogens is 472 g/mol. The van der Waals surface area contributed by atoms with Gasteiger partial charge >= 0.3 is 0 Å². The van der Waals surface area contributed by atoms with Crippen LogP contribution in [0.15, 0.2) is 78.9 Å². The predicted molar refractivity (Wildman–Crippen MR) is 142 cm³/mol. The third-order valence-electron chi connectivity index (χ3n) is 7.25. The van der Waals surface area contributed by atoms with Gasteiger partial charge in [0.25, 0.3) is 0 Å². The molecule has 3 atom stereocenters. The molecule has 0 radical (unpaired) electrons. The first-order valence-corrected chi connectivity index (χ1v) is 13.0. The molecule has 1 aliphatic heterocycles. The Hall–Kier alpha value is -2.86. The number of piperazine rings is 1. The average Bonchev–Trinajstić information content (AvgIpc) is 3.73. The van der Waals surface area contributed by atoms with Gasteiger partial charge in [-0.3, -0.25) is 9.69 Å². The van der Waals surface area contributed by atoms with Crippen molar-refractivity contribution in [3.8, 4) is 5.75 Å². The Bertz CT molecular complexity index is 1160. The van der Waals surface area contributed by atoms with Gasteiger partial charge in [0.15, 0.2) is 0 Å². The molecule has 5 nitrogen and oxygen atoms in total. The van der Waals surface area contributed by atoms with Crippen LogP contribution in [-0.4, -0.2) is 55.5 Å². The quantitative estimate of drug-likeness (QED) is 0.383. The number of hydrogen-bond donors (Lipinski definition) is 0. The summed E-state index contributed by atoms with van der Waals surface area (Å²) in [6.07, 6.45) is 0.852. The number of nitrogens with zero attached hydrogens (tertiary/aromatic N) is 2. The van der Waals surface area contributed by atoms with Crippen molar-refractivity contribution in [3.63, 3.8) is 0 Å². The van der Waals surface area contributed by atoms with Crippen LogP contribution in [0.3, 0.4) is 0 Å². The second kappa shape index (κ2) is 11.5. The van der Waals surface area contributed by atoms with E-state index in [0.29, 0.717) is 23.5 Å². The van der Waals surface area contributed by atoms with E-state index < -0.39 is 0 Å². The third kappa shape index (κ3) is 6.09. The van der Waals surface area contributed by atoms with E-state index in [9.17, 15) is 4.79 Å². The Morgan fingerprint density at radius 1 is 0.972 bits per heavy atom. The van der Waals surface area contributed by atoms with Crippen LogP contribution in [0.4, 0.5) is 0 Å². The first-order chi connectivity index (χ1) is 17.6. The van der Waals surface area contributed by atoms with Crippen molar-refractivity contribution in [2.75, 3.05) is 39.8 Å². The molecule has 1 saturated carbocycles. The first kappa shape index (κ1) is 24.8. The number of carbonyl (C=O) groups excluding carboxylic acids is 1. The molecule has 2 fully saturated rings. The van der Waals surface area contributed by atoms with Crippen molar-refractivity contribution in [2.24, 2.45) is 5.92 Å². The van der Waals surface area contributed by atoms with E-state index in [0.717, 1.165) is 56.0 Å². The Morgan fingerprint density at radius 3 is 2.50 bits per heavy atom. The number of halogens is 1. The third-order valence-corrected chi connectivity index (χ3v) is 7.48. The standard InChI is InChI=1S/C30H33ClN2O3/c1-35-26-12-6-10-24(18-26)29(36-21-22-7-5-11-25(31)17-22)20-32-13-15-33(16-14-32)30(34)28-19-27(28)23-8-3-2-4-9-23/h2-12,17-18,27-29H,13-16,19-21H2,1H3/t27-,28-,29-/m0/s1. The Balaban J connectivity index is 1.19. The van der Waals surface area contributed by atoms with Crippen molar-refractivity contribution >= 4 is 17.5 Å². The lowest BCUT2D eigenvalue weighted by Gasteiger charge is -2.36. The Morgan fingerprint density at radius 2 is 1.75 bits per heavy atom. The fraction of sp³-hybridized carbons (Fsp3) is 0.367. The minimum absolute atomic E-state index is 0.118. The second-order valence-electron chi connectivity index (χ2n) is 9.69. The monoisotopic (exact) mass is 504 g/mol. The average molecular weight is 505 g/mol. The van der Waals surface area contributed by atoms with Gasteiger partial charge in [-0.2, -0.15) is 0 Å². The lowest BCUT2D eigenvalue weighted by Crippen LogP contribution is -2.50. The molecule has 5 rings (SSSR count). The number of rotatable bonds is 9. The summed E-state index contributed by atoms with van der Waals surface area (Å²) in [6, 6.07) is 26.3. The summed E-state index contributed by atoms with van der Waals surface area (Å²) in [4.78, 5) is 17.6. The van der Waals surface area contributed by atoms with Crippen LogP contribution < -0.4 is 4.74 Å². The maximum absolute atomic E-state index is 13.1. The molecule has 188 valence electrons. The van der Waals surface area contributed by atoms with Gasteiger partial charge in [-0.25, -0.2) is 0 Å². The number of carbonyl (C=O) groups is 1. The number of ether oxygens (including phenoxy) is 2. The lowest BCUT2D eigenvalue weighted by molar-refractivity contribution is -0.134. The van der Waals surface area contributed by atoms with Gasteiger partial charge < -0.3 is 14.4 Å². The van der Waals surface area contributed by atoms with Crippen LogP contribution in [0.1, 0.15) is 35.1 Å². The van der Waals surface area contributed by atoms with Gasteiger partial charge in [-0.15, -0.1) is 0 Å². The summed E-state index contributed by atoms with van der Waals surface area (Å²) in [6.45, 7) is 4.44. The molecule has 0 unspecified atom stereocenters. The molecule has 1 aliphatic carbocycles. The molecule has 36 heavy (non-hydrogen) atoms. The van der Waals surface area contributed by atoms with E-state index >= 15 is 0 Å². The van der Waals surface area contributed by atoms with Crippen LogP contribution in [0, 0.1) is 5.92 Å². The highest BCUT2D eigenvalue weighted by Crippen LogP contribution is 2.48. The Kier molecular flexibility index (Phi) is 7.90. The summed E-state index contributed by atoms with van der Waals surface area (Å²) in [5.74, 6) is 1.65. The van der Waals surface area contributed by atoms with Crippen LogP contribution >= 0.6 is 11.6 Å². The van der Waals surface area contributed by atoms with Gasteiger partial charge in [0, 0.05) is 43.7 Å². The molecule has 0 bridgehead atoms. The highest BCUT2D eigenvalue weighted by atomic mass is 35.5. The maximum Gasteiger partial charge on any atom is 0.226 e. The number of methoxy groups -OCH3 is 1. The normalized spacial score (nSPS) is 20.7. The van der Waals surface area contributed by atoms with Crippen molar-refractivity contribution in [3.05, 3.63) is 101 Å². The minimum atomic E-state index is -0.118. The second-order valence-corrected chi connectivity index (χ2v) is 10.1. The van der Waals surface area contributed by atoms with Crippen LogP contribution in [-0.2, 0) is 16.1 Å². The highest BCUT2D eigenvalue weighted by Gasteiger charge is 2.46. The van der Waals surface area contributed by atoms with Crippen molar-refractivity contribution < 1.29 is 14.3 Å². The topological polar surface area (TPSA) is 42.0 Å². The van der Waals surface area contributed by atoms with Gasteiger partial charge in [0.1, 0.15) is 5.75 Å². The molecule has 3 aromatic rings. The van der Waals surface area contributed by atoms with Crippen LogP contribution in [0.2, 0.25) is 5.02 Å². The summed E-state index contributed by atoms with van der Waals surface area (Å²) in [5, 5.41) is 0.708. The smallest absolute Gasteiger partial charge is 0.226 e. The van der Waals surface area contributed by atoms with E-state index in [1.165, 1.54) is 5.56 Å². The van der Waals surface area contributed by atoms with Crippen molar-refractivity contribution in [2.45, 2.75) is 25.0 Å². The molecular formula is C30H33ClN2O3. The fourth-order valence-corrected chi connectivity index (χ4v) is 5.29. The Labute approximate surface area is 218 Å². The van der Waals surface area contributed by atoms with E-state index in [1.807, 2.05) is 48.5 Å². The van der Waals surface area contributed by atoms with Gasteiger partial charge in [0.05, 0.1) is 19.8 Å². The molecule has 0 spiro atoms. The summed E-state index contributed by atoms with van der Waals surface area (Å²) in [5.41, 5.74) is 3.41. The first-order valence-electron chi connectivity index (χ1n) is 12.7. The summed E-state index contributed by atoms with van der Waals surface area (Å²) >= 11 is 6.17. The fourth-order valence-electron chi connectivity index (χ4n) is 5.08. The van der Waals surface area contributed by atoms with E-state index in [4.69, 9.17) is 21.1 Å². The summed E-state index contributed by atoms with van der Waals surface area (Å²) in [7, 11) is 1.68. The zero-order valence-electron chi connectivity index (χ0n) is 20.7. The van der Waals surface area contributed by atoms with E-state index in [1.54, 1.807) is 7.11 Å². The maximum atomic E-state index is 13.1. The number of benzene rings is 3. The van der Waals surface area contributed by atoms with Crippen LogP contribution in [0.25, 0.3) is 0 Å². The lowest BCUT2D eigenvalue weighted by atomic mass is 10.1. The van der Waals surface area contributed by atoms with Crippen LogP contribution in [0.5, 0.6) is 5.75 Å². The predicted octanol–water partition coefficient (Wildman–Crippen LogP) is 5.55. The highest BCUT2D eigenvalue weighted by molar-refractivity contribution is 6.30. The SMILES string of the molecule is COc1cccc([C@H](CN2CCN(C(=O)[C@H]3C[C@H]3c3ccccc3)CC2)OCc2cccc(Cl)c2)c1.